The predicted molar refractivity (Wildman–Crippen MR) is 243 cm³/mol. The summed E-state index contributed by atoms with van der Waals surface area (Å²) in [6.45, 7) is 13.2. The molecule has 0 amide bonds. The van der Waals surface area contributed by atoms with Crippen molar-refractivity contribution in [1.82, 2.24) is 34.7 Å². The van der Waals surface area contributed by atoms with E-state index < -0.39 is 17.2 Å². The topological polar surface area (TPSA) is 269 Å². The summed E-state index contributed by atoms with van der Waals surface area (Å²) in [5, 5.41) is 44.0. The number of aliphatic imine (C=N–C) groups is 1. The molecule has 5 heterocycles. The molecule has 8 N–H and O–H groups in total. The van der Waals surface area contributed by atoms with Crippen LogP contribution in [0.25, 0.3) is 44.1 Å². The lowest BCUT2D eigenvalue weighted by atomic mass is 9.99. The van der Waals surface area contributed by atoms with Gasteiger partial charge in [0.1, 0.15) is 5.60 Å². The highest BCUT2D eigenvalue weighted by Crippen LogP contribution is 2.30. The number of anilines is 2. The lowest BCUT2D eigenvalue weighted by Gasteiger charge is -2.13. The van der Waals surface area contributed by atoms with E-state index in [2.05, 4.69) is 30.4 Å². The average Bonchev–Trinajstić information content (AvgIpc) is 3.69. The fraction of sp³-hybridized carbons (Fsp3) is 0.289. The first kappa shape index (κ1) is 48.4. The molecule has 7 aromatic rings. The highest BCUT2D eigenvalue weighted by molar-refractivity contribution is 5.87. The van der Waals surface area contributed by atoms with Crippen LogP contribution >= 0.6 is 0 Å². The minimum atomic E-state index is -1.58. The van der Waals surface area contributed by atoms with Gasteiger partial charge in [-0.1, -0.05) is 19.6 Å². The molecular weight excluding hydrogens is 809 g/mol. The Morgan fingerprint density at radius 3 is 1.68 bits per heavy atom. The molecule has 18 heteroatoms. The summed E-state index contributed by atoms with van der Waals surface area (Å²) in [6, 6.07) is 18.6. The van der Waals surface area contributed by atoms with Crippen LogP contribution in [0.15, 0.2) is 92.2 Å². The van der Waals surface area contributed by atoms with E-state index in [-0.39, 0.29) is 36.3 Å². The number of fused-ring (bicyclic) bond motifs is 2. The van der Waals surface area contributed by atoms with Gasteiger partial charge in [0.25, 0.3) is 23.0 Å². The normalized spacial score (nSPS) is 11.5. The van der Waals surface area contributed by atoms with Gasteiger partial charge in [-0.15, -0.1) is 0 Å². The maximum Gasteiger partial charge on any atom is 0.335 e. The number of hydrogen-bond acceptors (Lipinski definition) is 13. The molecule has 0 aliphatic heterocycles. The fourth-order valence-electron chi connectivity index (χ4n) is 6.09. The van der Waals surface area contributed by atoms with Crippen LogP contribution in [0.1, 0.15) is 63.5 Å². The molecule has 0 atom stereocenters. The van der Waals surface area contributed by atoms with Gasteiger partial charge in [-0.25, -0.2) is 15.3 Å². The number of aryl methyl sites for hydroxylation is 6. The molecule has 5 aromatic heterocycles. The number of rotatable bonds is 7. The molecule has 0 saturated heterocycles. The Bertz CT molecular complexity index is 2960. The first-order valence-electron chi connectivity index (χ1n) is 19.2. The van der Waals surface area contributed by atoms with Crippen LogP contribution in [0.2, 0.25) is 0 Å². The monoisotopic (exact) mass is 862 g/mol. The predicted octanol–water partition coefficient (Wildman–Crippen LogP) is 6.19. The number of carbonyl (C=O) groups is 1. The highest BCUT2D eigenvalue weighted by atomic mass is 16.5. The standard InChI is InChI=1S/C22H23N5O3.C18H19N5O2.C4H8O3.CH4/c1-12-6-7-15(24-21-25-20(30-26-21)22(3,4)29)10-16(12)17-9-14-11-23-13(2)8-18(14)27(5)19(17)28;1-10-4-5-13(21-18(19)22-25)8-14(10)15-7-12-9-20-11(2)6-16(12)23(3)17(15)24;1-4(2,7)3(5)6;/h6-11,29H,1-5H3,(H,24,26);4-9,25H,1-3H3,(H3,19,21,22);7H,1-2H3,(H,5,6);1H4. The van der Waals surface area contributed by atoms with E-state index in [1.807, 2.05) is 76.2 Å². The van der Waals surface area contributed by atoms with E-state index >= 15 is 0 Å². The van der Waals surface area contributed by atoms with Crippen molar-refractivity contribution in [2.24, 2.45) is 24.8 Å². The largest absolute Gasteiger partial charge is 0.479 e. The van der Waals surface area contributed by atoms with Crippen molar-refractivity contribution in [3.63, 3.8) is 0 Å². The number of aliphatic carboxylic acids is 1. The second-order valence-corrected chi connectivity index (χ2v) is 15.7. The second kappa shape index (κ2) is 19.2. The van der Waals surface area contributed by atoms with Crippen molar-refractivity contribution in [2.45, 2.75) is 74.0 Å². The van der Waals surface area contributed by atoms with Crippen molar-refractivity contribution >= 4 is 51.1 Å². The number of hydroxylamine groups is 1. The molecule has 63 heavy (non-hydrogen) atoms. The zero-order valence-electron chi connectivity index (χ0n) is 36.1. The first-order chi connectivity index (χ1) is 29.0. The minimum absolute atomic E-state index is 0. The molecule has 0 saturated carbocycles. The number of guanidine groups is 1. The molecule has 0 bridgehead atoms. The smallest absolute Gasteiger partial charge is 0.335 e. The van der Waals surface area contributed by atoms with Gasteiger partial charge >= 0.3 is 5.97 Å². The molecule has 2 aromatic carbocycles. The fourth-order valence-corrected chi connectivity index (χ4v) is 6.09. The number of aliphatic hydroxyl groups is 2. The molecule has 332 valence electrons. The van der Waals surface area contributed by atoms with E-state index in [9.17, 15) is 19.5 Å². The third kappa shape index (κ3) is 11.4. The molecule has 0 unspecified atom stereocenters. The van der Waals surface area contributed by atoms with E-state index in [0.717, 1.165) is 55.4 Å². The van der Waals surface area contributed by atoms with Gasteiger partial charge in [0, 0.05) is 65.5 Å². The van der Waals surface area contributed by atoms with Gasteiger partial charge in [0.15, 0.2) is 5.60 Å². The minimum Gasteiger partial charge on any atom is -0.479 e. The van der Waals surface area contributed by atoms with Crippen molar-refractivity contribution < 1.29 is 29.8 Å². The maximum absolute atomic E-state index is 13.1. The summed E-state index contributed by atoms with van der Waals surface area (Å²) in [7, 11) is 3.52. The highest BCUT2D eigenvalue weighted by Gasteiger charge is 2.24. The third-order valence-electron chi connectivity index (χ3n) is 9.62. The van der Waals surface area contributed by atoms with Crippen LogP contribution in [-0.2, 0) is 24.5 Å². The number of pyridine rings is 4. The van der Waals surface area contributed by atoms with Crippen molar-refractivity contribution in [3.8, 4) is 22.3 Å². The van der Waals surface area contributed by atoms with Crippen molar-refractivity contribution in [3.05, 3.63) is 122 Å². The molecular formula is C45H54N10O8. The van der Waals surface area contributed by atoms with Crippen LogP contribution in [0.4, 0.5) is 17.3 Å². The molecule has 7 rings (SSSR count). The number of carboxylic acids is 1. The van der Waals surface area contributed by atoms with Crippen LogP contribution < -0.4 is 27.6 Å². The van der Waals surface area contributed by atoms with Crippen LogP contribution in [0.3, 0.4) is 0 Å². The summed E-state index contributed by atoms with van der Waals surface area (Å²) >= 11 is 0. The van der Waals surface area contributed by atoms with E-state index in [1.165, 1.54) is 13.8 Å². The number of carboxylic acid groups (broad SMARTS) is 1. The Kier molecular flexibility index (Phi) is 14.7. The Balaban J connectivity index is 0.000000240. The summed E-state index contributed by atoms with van der Waals surface area (Å²) < 4.78 is 8.37. The van der Waals surface area contributed by atoms with Gasteiger partial charge in [-0.05, 0) is 131 Å². The number of nitrogens with one attached hydrogen (secondary N) is 2. The van der Waals surface area contributed by atoms with Crippen molar-refractivity contribution in [2.75, 3.05) is 5.32 Å². The summed E-state index contributed by atoms with van der Waals surface area (Å²) in [5.74, 6) is -0.982. The number of hydrogen-bond donors (Lipinski definition) is 7. The van der Waals surface area contributed by atoms with E-state index in [0.29, 0.717) is 22.5 Å². The van der Waals surface area contributed by atoms with E-state index in [1.54, 1.807) is 67.1 Å². The zero-order chi connectivity index (χ0) is 45.8. The molecule has 0 radical (unpaired) electrons. The molecule has 0 spiro atoms. The first-order valence-corrected chi connectivity index (χ1v) is 19.2. The summed E-state index contributed by atoms with van der Waals surface area (Å²) in [5.41, 5.74) is 13.5. The molecule has 0 aliphatic carbocycles. The molecule has 0 aliphatic rings. The zero-order valence-corrected chi connectivity index (χ0v) is 36.1. The van der Waals surface area contributed by atoms with Crippen molar-refractivity contribution in [1.29, 1.82) is 0 Å². The Hall–Kier alpha value is -7.28. The lowest BCUT2D eigenvalue weighted by molar-refractivity contribution is -0.154. The molecule has 18 nitrogen and oxygen atoms in total. The van der Waals surface area contributed by atoms with Crippen LogP contribution in [0, 0.1) is 27.7 Å². The van der Waals surface area contributed by atoms with Gasteiger partial charge in [0.2, 0.25) is 5.96 Å². The Morgan fingerprint density at radius 1 is 0.762 bits per heavy atom. The Morgan fingerprint density at radius 2 is 1.24 bits per heavy atom. The number of nitrogens with zero attached hydrogens (tertiary/aromatic N) is 7. The van der Waals surface area contributed by atoms with Gasteiger partial charge in [0.05, 0.1) is 16.7 Å². The van der Waals surface area contributed by atoms with Crippen LogP contribution in [-0.4, -0.2) is 67.3 Å². The SMILES string of the molecule is C.CC(C)(O)C(=O)O.Cc1cc2c(cn1)cc(-c1cc(N=C(N)NO)ccc1C)c(=O)n2C.Cc1cc2c(cn1)cc(-c1cc(Nc3noc(C(C)(C)O)n3)ccc1C)c(=O)n2C. The Labute approximate surface area is 363 Å². The quantitative estimate of drug-likeness (QED) is 0.0535. The van der Waals surface area contributed by atoms with Gasteiger partial charge in [-0.2, -0.15) is 4.98 Å². The summed E-state index contributed by atoms with van der Waals surface area (Å²) in [4.78, 5) is 52.6. The molecule has 0 fully saturated rings. The number of aromatic nitrogens is 6. The summed E-state index contributed by atoms with van der Waals surface area (Å²) in [6.07, 6.45) is 3.54. The average molecular weight is 863 g/mol. The van der Waals surface area contributed by atoms with E-state index in [4.69, 9.17) is 25.7 Å². The van der Waals surface area contributed by atoms with Gasteiger partial charge in [-0.3, -0.25) is 24.8 Å². The lowest BCUT2D eigenvalue weighted by Crippen LogP contribution is -2.30. The number of benzene rings is 2. The third-order valence-corrected chi connectivity index (χ3v) is 9.62. The number of nitrogens with two attached hydrogens (primary N) is 1. The van der Waals surface area contributed by atoms with Crippen LogP contribution in [0.5, 0.6) is 0 Å². The second-order valence-electron chi connectivity index (χ2n) is 15.7. The van der Waals surface area contributed by atoms with Gasteiger partial charge < -0.3 is 40.0 Å². The maximum atomic E-state index is 13.1.